The zero-order chi connectivity index (χ0) is 15.0. The number of aliphatic hydroxyl groups is 1. The second kappa shape index (κ2) is 8.43. The lowest BCUT2D eigenvalue weighted by Crippen LogP contribution is -2.35. The Hall–Kier alpha value is -1.75. The molecule has 1 atom stereocenters. The summed E-state index contributed by atoms with van der Waals surface area (Å²) in [5.74, 6) is 1.11. The van der Waals surface area contributed by atoms with Crippen LogP contribution in [0, 0.1) is 5.92 Å². The Morgan fingerprint density at radius 3 is 2.80 bits per heavy atom. The Morgan fingerprint density at radius 2 is 2.15 bits per heavy atom. The zero-order valence-electron chi connectivity index (χ0n) is 12.3. The largest absolute Gasteiger partial charge is 0.494 e. The number of carbonyl (C=O) groups excluding carboxylic acids is 1. The fourth-order valence-electron chi connectivity index (χ4n) is 1.84. The van der Waals surface area contributed by atoms with Gasteiger partial charge < -0.3 is 20.5 Å². The first-order valence-electron chi connectivity index (χ1n) is 6.97. The van der Waals surface area contributed by atoms with E-state index in [0.717, 1.165) is 0 Å². The topological polar surface area (TPSA) is 70.6 Å². The van der Waals surface area contributed by atoms with Gasteiger partial charge in [0.25, 0.3) is 0 Å². The molecule has 2 amide bonds. The second-order valence-corrected chi connectivity index (χ2v) is 5.08. The number of carbonyl (C=O) groups is 1. The van der Waals surface area contributed by atoms with Crippen molar-refractivity contribution < 1.29 is 14.6 Å². The summed E-state index contributed by atoms with van der Waals surface area (Å²) in [4.78, 5) is 11.7. The van der Waals surface area contributed by atoms with E-state index in [1.807, 2.05) is 32.9 Å². The fraction of sp³-hybridized carbons (Fsp3) is 0.533. The normalized spacial score (nSPS) is 12.1. The number of amides is 2. The van der Waals surface area contributed by atoms with Gasteiger partial charge in [0.05, 0.1) is 12.7 Å². The average Bonchev–Trinajstić information content (AvgIpc) is 2.36. The molecule has 0 aromatic heterocycles. The molecule has 0 saturated carbocycles. The van der Waals surface area contributed by atoms with Gasteiger partial charge in [-0.25, -0.2) is 4.79 Å². The summed E-state index contributed by atoms with van der Waals surface area (Å²) in [5.41, 5.74) is 0.659. The van der Waals surface area contributed by atoms with Gasteiger partial charge in [-0.15, -0.1) is 0 Å². The van der Waals surface area contributed by atoms with E-state index in [4.69, 9.17) is 4.74 Å². The Bertz CT molecular complexity index is 421. The maximum absolute atomic E-state index is 11.7. The van der Waals surface area contributed by atoms with Crippen molar-refractivity contribution in [2.75, 3.05) is 18.5 Å². The molecule has 0 saturated heterocycles. The maximum Gasteiger partial charge on any atom is 0.319 e. The molecule has 1 aromatic rings. The fourth-order valence-corrected chi connectivity index (χ4v) is 1.84. The highest BCUT2D eigenvalue weighted by Gasteiger charge is 2.09. The molecule has 20 heavy (non-hydrogen) atoms. The lowest BCUT2D eigenvalue weighted by Gasteiger charge is -2.14. The van der Waals surface area contributed by atoms with Crippen LogP contribution in [0.5, 0.6) is 5.75 Å². The molecule has 0 heterocycles. The molecule has 0 spiro atoms. The number of hydrogen-bond acceptors (Lipinski definition) is 3. The average molecular weight is 280 g/mol. The summed E-state index contributed by atoms with van der Waals surface area (Å²) in [6, 6.07) is 6.86. The van der Waals surface area contributed by atoms with Crippen LogP contribution in [-0.2, 0) is 0 Å². The Labute approximate surface area is 120 Å². The van der Waals surface area contributed by atoms with Gasteiger partial charge in [0.15, 0.2) is 0 Å². The first-order chi connectivity index (χ1) is 9.51. The van der Waals surface area contributed by atoms with Crippen molar-refractivity contribution in [3.05, 3.63) is 24.3 Å². The summed E-state index contributed by atoms with van der Waals surface area (Å²) < 4.78 is 5.36. The first-order valence-corrected chi connectivity index (χ1v) is 6.97. The molecular weight excluding hydrogens is 256 g/mol. The van der Waals surface area contributed by atoms with Crippen LogP contribution >= 0.6 is 0 Å². The van der Waals surface area contributed by atoms with Crippen molar-refractivity contribution in [1.29, 1.82) is 0 Å². The molecule has 112 valence electrons. The molecule has 0 fully saturated rings. The number of nitrogens with one attached hydrogen (secondary N) is 2. The minimum Gasteiger partial charge on any atom is -0.494 e. The van der Waals surface area contributed by atoms with Crippen LogP contribution in [0.3, 0.4) is 0 Å². The monoisotopic (exact) mass is 280 g/mol. The summed E-state index contributed by atoms with van der Waals surface area (Å²) in [6.07, 6.45) is 0.149. The van der Waals surface area contributed by atoms with Crippen LogP contribution in [0.1, 0.15) is 27.2 Å². The molecule has 1 rings (SSSR count). The second-order valence-electron chi connectivity index (χ2n) is 5.08. The van der Waals surface area contributed by atoms with Gasteiger partial charge in [-0.3, -0.25) is 0 Å². The first kappa shape index (κ1) is 16.3. The number of hydrogen-bond donors (Lipinski definition) is 3. The summed E-state index contributed by atoms with van der Waals surface area (Å²) >= 11 is 0. The van der Waals surface area contributed by atoms with Crippen LogP contribution < -0.4 is 15.4 Å². The Kier molecular flexibility index (Phi) is 6.87. The lowest BCUT2D eigenvalue weighted by molar-refractivity contribution is 0.148. The molecule has 1 aromatic carbocycles. The lowest BCUT2D eigenvalue weighted by atomic mass is 10.1. The molecule has 0 aliphatic carbocycles. The minimum absolute atomic E-state index is 0.245. The highest BCUT2D eigenvalue weighted by molar-refractivity contribution is 5.89. The standard InChI is InChI=1S/C15H24N2O3/c1-4-20-14-7-5-6-12(9-14)17-15(19)16-10-13(18)8-11(2)3/h5-7,9,11,13,18H,4,8,10H2,1-3H3,(H2,16,17,19). The number of urea groups is 1. The molecule has 3 N–H and O–H groups in total. The number of aliphatic hydroxyl groups excluding tert-OH is 1. The van der Waals surface area contributed by atoms with E-state index < -0.39 is 6.10 Å². The van der Waals surface area contributed by atoms with Gasteiger partial charge in [0.1, 0.15) is 5.75 Å². The molecule has 0 bridgehead atoms. The van der Waals surface area contributed by atoms with Crippen LogP contribution in [-0.4, -0.2) is 30.4 Å². The molecule has 0 aliphatic heterocycles. The molecule has 0 aliphatic rings. The SMILES string of the molecule is CCOc1cccc(NC(=O)NCC(O)CC(C)C)c1. The highest BCUT2D eigenvalue weighted by Crippen LogP contribution is 2.17. The number of benzene rings is 1. The molecule has 5 nitrogen and oxygen atoms in total. The Morgan fingerprint density at radius 1 is 1.40 bits per heavy atom. The predicted octanol–water partition coefficient (Wildman–Crippen LogP) is 2.61. The Balaban J connectivity index is 2.40. The summed E-state index contributed by atoms with van der Waals surface area (Å²) in [6.45, 7) is 6.79. The van der Waals surface area contributed by atoms with E-state index in [0.29, 0.717) is 30.4 Å². The smallest absolute Gasteiger partial charge is 0.319 e. The number of anilines is 1. The van der Waals surface area contributed by atoms with Crippen molar-refractivity contribution in [2.45, 2.75) is 33.3 Å². The van der Waals surface area contributed by atoms with Gasteiger partial charge in [-0.2, -0.15) is 0 Å². The van der Waals surface area contributed by atoms with Crippen LogP contribution in [0.4, 0.5) is 10.5 Å². The summed E-state index contributed by atoms with van der Waals surface area (Å²) in [7, 11) is 0. The summed E-state index contributed by atoms with van der Waals surface area (Å²) in [5, 5.41) is 15.0. The predicted molar refractivity (Wildman–Crippen MR) is 80.1 cm³/mol. The zero-order valence-corrected chi connectivity index (χ0v) is 12.3. The van der Waals surface area contributed by atoms with E-state index in [1.165, 1.54) is 0 Å². The van der Waals surface area contributed by atoms with Crippen molar-refractivity contribution in [1.82, 2.24) is 5.32 Å². The van der Waals surface area contributed by atoms with Gasteiger partial charge in [0, 0.05) is 18.3 Å². The molecule has 0 radical (unpaired) electrons. The van der Waals surface area contributed by atoms with Crippen molar-refractivity contribution >= 4 is 11.7 Å². The number of ether oxygens (including phenoxy) is 1. The van der Waals surface area contributed by atoms with E-state index in [9.17, 15) is 9.90 Å². The van der Waals surface area contributed by atoms with Crippen LogP contribution in [0.2, 0.25) is 0 Å². The minimum atomic E-state index is -0.518. The van der Waals surface area contributed by atoms with Crippen molar-refractivity contribution in [3.63, 3.8) is 0 Å². The quantitative estimate of drug-likeness (QED) is 0.719. The highest BCUT2D eigenvalue weighted by atomic mass is 16.5. The third-order valence-electron chi connectivity index (χ3n) is 2.64. The van der Waals surface area contributed by atoms with Gasteiger partial charge >= 0.3 is 6.03 Å². The van der Waals surface area contributed by atoms with Crippen LogP contribution in [0.25, 0.3) is 0 Å². The molecule has 5 heteroatoms. The maximum atomic E-state index is 11.7. The van der Waals surface area contributed by atoms with E-state index in [2.05, 4.69) is 10.6 Å². The number of rotatable bonds is 7. The molecular formula is C15H24N2O3. The van der Waals surface area contributed by atoms with E-state index >= 15 is 0 Å². The van der Waals surface area contributed by atoms with Crippen molar-refractivity contribution in [3.8, 4) is 5.75 Å². The van der Waals surface area contributed by atoms with Crippen molar-refractivity contribution in [2.24, 2.45) is 5.92 Å². The third-order valence-corrected chi connectivity index (χ3v) is 2.64. The van der Waals surface area contributed by atoms with Gasteiger partial charge in [-0.1, -0.05) is 19.9 Å². The van der Waals surface area contributed by atoms with E-state index in [1.54, 1.807) is 12.1 Å². The van der Waals surface area contributed by atoms with E-state index in [-0.39, 0.29) is 12.6 Å². The molecule has 1 unspecified atom stereocenters. The van der Waals surface area contributed by atoms with Crippen LogP contribution in [0.15, 0.2) is 24.3 Å². The van der Waals surface area contributed by atoms with Gasteiger partial charge in [-0.05, 0) is 31.4 Å². The van der Waals surface area contributed by atoms with Gasteiger partial charge in [0.2, 0.25) is 0 Å². The third kappa shape index (κ3) is 6.43.